The van der Waals surface area contributed by atoms with Crippen LogP contribution in [0.2, 0.25) is 5.15 Å². The molecule has 0 amide bonds. The summed E-state index contributed by atoms with van der Waals surface area (Å²) in [5.74, 6) is 1.40. The third kappa shape index (κ3) is 2.10. The van der Waals surface area contributed by atoms with Crippen LogP contribution in [0.4, 0.5) is 5.82 Å². The van der Waals surface area contributed by atoms with Crippen molar-refractivity contribution in [1.29, 1.82) is 0 Å². The Labute approximate surface area is 95.8 Å². The second kappa shape index (κ2) is 4.16. The molecule has 2 rings (SSSR count). The molecule has 0 spiro atoms. The van der Waals surface area contributed by atoms with Crippen molar-refractivity contribution in [1.82, 2.24) is 13.9 Å². The SMILES string of the molecule is Cc1noc(C)c1CNc1nsnc1Cl. The van der Waals surface area contributed by atoms with Gasteiger partial charge in [0.15, 0.2) is 11.0 Å². The zero-order valence-corrected chi connectivity index (χ0v) is 9.82. The van der Waals surface area contributed by atoms with Crippen molar-refractivity contribution in [3.8, 4) is 0 Å². The van der Waals surface area contributed by atoms with Crippen LogP contribution in [0.1, 0.15) is 17.0 Å². The summed E-state index contributed by atoms with van der Waals surface area (Å²) in [4.78, 5) is 0. The van der Waals surface area contributed by atoms with Crippen molar-refractivity contribution in [3.05, 3.63) is 22.2 Å². The highest BCUT2D eigenvalue weighted by atomic mass is 35.5. The molecule has 2 aromatic heterocycles. The molecule has 0 atom stereocenters. The predicted octanol–water partition coefficient (Wildman–Crippen LogP) is 2.41. The first-order valence-corrected chi connectivity index (χ1v) is 5.43. The van der Waals surface area contributed by atoms with E-state index in [9.17, 15) is 0 Å². The number of nitrogens with zero attached hydrogens (tertiary/aromatic N) is 3. The lowest BCUT2D eigenvalue weighted by atomic mass is 10.2. The molecule has 0 saturated heterocycles. The van der Waals surface area contributed by atoms with Crippen LogP contribution in [0.5, 0.6) is 0 Å². The third-order valence-electron chi connectivity index (χ3n) is 2.06. The van der Waals surface area contributed by atoms with Gasteiger partial charge in [0.2, 0.25) is 0 Å². The summed E-state index contributed by atoms with van der Waals surface area (Å²) in [6.07, 6.45) is 0. The van der Waals surface area contributed by atoms with E-state index in [1.54, 1.807) is 0 Å². The van der Waals surface area contributed by atoms with Gasteiger partial charge in [-0.3, -0.25) is 0 Å². The van der Waals surface area contributed by atoms with E-state index in [4.69, 9.17) is 16.1 Å². The first-order valence-electron chi connectivity index (χ1n) is 4.32. The summed E-state index contributed by atoms with van der Waals surface area (Å²) >= 11 is 6.87. The van der Waals surface area contributed by atoms with Gasteiger partial charge in [0, 0.05) is 12.1 Å². The Morgan fingerprint density at radius 2 is 2.20 bits per heavy atom. The second-order valence-corrected chi connectivity index (χ2v) is 3.95. The Morgan fingerprint density at radius 1 is 1.40 bits per heavy atom. The largest absolute Gasteiger partial charge is 0.362 e. The molecule has 0 unspecified atom stereocenters. The van der Waals surface area contributed by atoms with Gasteiger partial charge >= 0.3 is 0 Å². The maximum absolute atomic E-state index is 5.79. The van der Waals surface area contributed by atoms with Gasteiger partial charge < -0.3 is 9.84 Å². The zero-order valence-electron chi connectivity index (χ0n) is 8.24. The van der Waals surface area contributed by atoms with E-state index < -0.39 is 0 Å². The number of nitrogens with one attached hydrogen (secondary N) is 1. The standard InChI is InChI=1S/C8H9ClN4OS/c1-4-6(5(2)14-11-4)3-10-8-7(9)12-15-13-8/h3H2,1-2H3,(H,10,13). The van der Waals surface area contributed by atoms with Gasteiger partial charge in [-0.25, -0.2) is 0 Å². The average Bonchev–Trinajstić information content (AvgIpc) is 2.73. The molecule has 5 nitrogen and oxygen atoms in total. The quantitative estimate of drug-likeness (QED) is 0.898. The minimum atomic E-state index is 0.395. The lowest BCUT2D eigenvalue weighted by molar-refractivity contribution is 0.392. The number of halogens is 1. The molecule has 0 aliphatic carbocycles. The van der Waals surface area contributed by atoms with Gasteiger partial charge in [0.1, 0.15) is 5.76 Å². The van der Waals surface area contributed by atoms with E-state index in [0.717, 1.165) is 28.7 Å². The average molecular weight is 245 g/mol. The fourth-order valence-corrected chi connectivity index (χ4v) is 1.89. The summed E-state index contributed by atoms with van der Waals surface area (Å²) in [5, 5.41) is 7.33. The summed E-state index contributed by atoms with van der Waals surface area (Å²) in [5.41, 5.74) is 1.90. The van der Waals surface area contributed by atoms with Crippen LogP contribution in [-0.4, -0.2) is 13.9 Å². The van der Waals surface area contributed by atoms with Gasteiger partial charge in [-0.1, -0.05) is 16.8 Å². The maximum atomic E-state index is 5.79. The molecule has 2 aromatic rings. The Hall–Kier alpha value is -1.14. The molecular weight excluding hydrogens is 236 g/mol. The van der Waals surface area contributed by atoms with E-state index in [2.05, 4.69) is 19.2 Å². The molecule has 0 aliphatic heterocycles. The number of aryl methyl sites for hydroxylation is 2. The van der Waals surface area contributed by atoms with Crippen LogP contribution in [-0.2, 0) is 6.54 Å². The Kier molecular flexibility index (Phi) is 2.88. The molecule has 80 valence electrons. The normalized spacial score (nSPS) is 10.6. The predicted molar refractivity (Wildman–Crippen MR) is 58.2 cm³/mol. The zero-order chi connectivity index (χ0) is 10.8. The van der Waals surface area contributed by atoms with Crippen molar-refractivity contribution in [2.45, 2.75) is 20.4 Å². The lowest BCUT2D eigenvalue weighted by Crippen LogP contribution is -2.01. The van der Waals surface area contributed by atoms with E-state index in [1.807, 2.05) is 13.8 Å². The molecule has 0 fully saturated rings. The number of hydrogen-bond acceptors (Lipinski definition) is 6. The van der Waals surface area contributed by atoms with Gasteiger partial charge in [0.25, 0.3) is 0 Å². The molecule has 0 aromatic carbocycles. The van der Waals surface area contributed by atoms with Gasteiger partial charge in [0.05, 0.1) is 17.4 Å². The Bertz CT molecular complexity index is 447. The van der Waals surface area contributed by atoms with E-state index >= 15 is 0 Å². The molecule has 0 radical (unpaired) electrons. The van der Waals surface area contributed by atoms with E-state index in [0.29, 0.717) is 17.5 Å². The van der Waals surface area contributed by atoms with Crippen LogP contribution < -0.4 is 5.32 Å². The monoisotopic (exact) mass is 244 g/mol. The molecular formula is C8H9ClN4OS. The van der Waals surface area contributed by atoms with Gasteiger partial charge in [-0.05, 0) is 13.8 Å². The smallest absolute Gasteiger partial charge is 0.186 e. The first kappa shape index (κ1) is 10.4. The summed E-state index contributed by atoms with van der Waals surface area (Å²) < 4.78 is 12.9. The highest BCUT2D eigenvalue weighted by molar-refractivity contribution is 6.99. The van der Waals surface area contributed by atoms with Crippen LogP contribution >= 0.6 is 23.3 Å². The topological polar surface area (TPSA) is 63.8 Å². The molecule has 0 saturated carbocycles. The molecule has 7 heteroatoms. The van der Waals surface area contributed by atoms with E-state index in [1.165, 1.54) is 0 Å². The van der Waals surface area contributed by atoms with Crippen molar-refractivity contribution < 1.29 is 4.52 Å². The summed E-state index contributed by atoms with van der Waals surface area (Å²) in [7, 11) is 0. The van der Waals surface area contributed by atoms with Crippen molar-refractivity contribution in [2.75, 3.05) is 5.32 Å². The van der Waals surface area contributed by atoms with Crippen LogP contribution in [0.15, 0.2) is 4.52 Å². The number of aromatic nitrogens is 3. The molecule has 2 heterocycles. The minimum absolute atomic E-state index is 0.395. The van der Waals surface area contributed by atoms with Crippen molar-refractivity contribution >= 4 is 29.1 Å². The minimum Gasteiger partial charge on any atom is -0.362 e. The second-order valence-electron chi connectivity index (χ2n) is 3.06. The Morgan fingerprint density at radius 3 is 2.73 bits per heavy atom. The van der Waals surface area contributed by atoms with Gasteiger partial charge in [-0.2, -0.15) is 8.75 Å². The first-order chi connectivity index (χ1) is 7.18. The fourth-order valence-electron chi connectivity index (χ4n) is 1.21. The molecule has 0 aliphatic rings. The fraction of sp³-hybridized carbons (Fsp3) is 0.375. The lowest BCUT2D eigenvalue weighted by Gasteiger charge is -2.01. The van der Waals surface area contributed by atoms with Crippen LogP contribution in [0.3, 0.4) is 0 Å². The van der Waals surface area contributed by atoms with Gasteiger partial charge in [-0.15, -0.1) is 0 Å². The number of anilines is 1. The maximum Gasteiger partial charge on any atom is 0.186 e. The van der Waals surface area contributed by atoms with Crippen LogP contribution in [0, 0.1) is 13.8 Å². The van der Waals surface area contributed by atoms with Crippen molar-refractivity contribution in [2.24, 2.45) is 0 Å². The molecule has 15 heavy (non-hydrogen) atoms. The summed E-state index contributed by atoms with van der Waals surface area (Å²) in [6, 6.07) is 0. The van der Waals surface area contributed by atoms with E-state index in [-0.39, 0.29) is 0 Å². The Balaban J connectivity index is 2.08. The number of hydrogen-bond donors (Lipinski definition) is 1. The van der Waals surface area contributed by atoms with Crippen LogP contribution in [0.25, 0.3) is 0 Å². The highest BCUT2D eigenvalue weighted by Gasteiger charge is 2.10. The van der Waals surface area contributed by atoms with Crippen molar-refractivity contribution in [3.63, 3.8) is 0 Å². The summed E-state index contributed by atoms with van der Waals surface area (Å²) in [6.45, 7) is 4.36. The number of rotatable bonds is 3. The highest BCUT2D eigenvalue weighted by Crippen LogP contribution is 2.20. The third-order valence-corrected chi connectivity index (χ3v) is 2.95. The molecule has 0 bridgehead atoms. The molecule has 1 N–H and O–H groups in total.